The number of aromatic nitrogens is 2. The Kier molecular flexibility index (Phi) is 3.48. The molecule has 6 nitrogen and oxygen atoms in total. The maximum Gasteiger partial charge on any atom is 0.307 e. The molecule has 0 saturated carbocycles. The lowest BCUT2D eigenvalue weighted by Gasteiger charge is -2.23. The lowest BCUT2D eigenvalue weighted by atomic mass is 9.82. The second kappa shape index (κ2) is 5.05. The van der Waals surface area contributed by atoms with Crippen molar-refractivity contribution in [3.05, 3.63) is 18.3 Å². The maximum atomic E-state index is 11.9. The Hall–Kier alpha value is -1.76. The predicted molar refractivity (Wildman–Crippen MR) is 61.5 cm³/mol. The first-order valence-electron chi connectivity index (χ1n) is 5.14. The standard InChI is InChI=1S/C10H11N3O3S/c14-9(12-8-5-11-13-17-8)6-3-1-2-4-7(6)10(15)16/h1-2,5-7H,3-4H2,(H,12,14)(H,15,16)/t6-,7+/m1/s1. The number of anilines is 1. The summed E-state index contributed by atoms with van der Waals surface area (Å²) in [5.41, 5.74) is 0. The van der Waals surface area contributed by atoms with E-state index in [1.165, 1.54) is 6.20 Å². The highest BCUT2D eigenvalue weighted by Gasteiger charge is 2.34. The van der Waals surface area contributed by atoms with Crippen molar-refractivity contribution in [3.8, 4) is 0 Å². The van der Waals surface area contributed by atoms with Crippen LogP contribution in [0, 0.1) is 11.8 Å². The highest BCUT2D eigenvalue weighted by molar-refractivity contribution is 7.10. The first kappa shape index (κ1) is 11.7. The molecule has 1 heterocycles. The van der Waals surface area contributed by atoms with Gasteiger partial charge in [0.05, 0.1) is 18.0 Å². The van der Waals surface area contributed by atoms with E-state index < -0.39 is 17.8 Å². The summed E-state index contributed by atoms with van der Waals surface area (Å²) in [7, 11) is 0. The van der Waals surface area contributed by atoms with Crippen molar-refractivity contribution in [2.75, 3.05) is 5.32 Å². The number of carboxylic acids is 1. The summed E-state index contributed by atoms with van der Waals surface area (Å²) in [5, 5.41) is 15.8. The Labute approximate surface area is 102 Å². The normalized spacial score (nSPS) is 23.3. The van der Waals surface area contributed by atoms with Gasteiger partial charge in [-0.1, -0.05) is 16.6 Å². The summed E-state index contributed by atoms with van der Waals surface area (Å²) in [6.07, 6.45) is 5.94. The number of allylic oxidation sites excluding steroid dienone is 2. The van der Waals surface area contributed by atoms with E-state index in [-0.39, 0.29) is 5.91 Å². The fourth-order valence-corrected chi connectivity index (χ4v) is 2.24. The van der Waals surface area contributed by atoms with E-state index in [2.05, 4.69) is 14.9 Å². The van der Waals surface area contributed by atoms with Gasteiger partial charge in [-0.15, -0.1) is 5.10 Å². The first-order valence-corrected chi connectivity index (χ1v) is 5.92. The zero-order valence-electron chi connectivity index (χ0n) is 8.87. The molecule has 90 valence electrons. The average Bonchev–Trinajstić information content (AvgIpc) is 2.81. The molecule has 1 amide bonds. The number of amides is 1. The number of rotatable bonds is 3. The van der Waals surface area contributed by atoms with E-state index in [0.29, 0.717) is 17.8 Å². The molecule has 0 aliphatic heterocycles. The molecule has 1 aromatic rings. The molecule has 0 aromatic carbocycles. The molecule has 0 fully saturated rings. The van der Waals surface area contributed by atoms with Gasteiger partial charge in [0.15, 0.2) is 0 Å². The number of hydrogen-bond acceptors (Lipinski definition) is 5. The summed E-state index contributed by atoms with van der Waals surface area (Å²) < 4.78 is 3.62. The summed E-state index contributed by atoms with van der Waals surface area (Å²) >= 11 is 1.07. The number of carbonyl (C=O) groups is 2. The van der Waals surface area contributed by atoms with E-state index >= 15 is 0 Å². The van der Waals surface area contributed by atoms with Gasteiger partial charge in [-0.05, 0) is 12.8 Å². The van der Waals surface area contributed by atoms with Gasteiger partial charge in [0.25, 0.3) is 0 Å². The van der Waals surface area contributed by atoms with Crippen molar-refractivity contribution in [3.63, 3.8) is 0 Å². The molecule has 2 rings (SSSR count). The van der Waals surface area contributed by atoms with Crippen molar-refractivity contribution < 1.29 is 14.7 Å². The van der Waals surface area contributed by atoms with E-state index in [1.54, 1.807) is 6.08 Å². The molecular formula is C10H11N3O3S. The molecule has 7 heteroatoms. The van der Waals surface area contributed by atoms with Crippen LogP contribution in [0.5, 0.6) is 0 Å². The lowest BCUT2D eigenvalue weighted by Crippen LogP contribution is -2.34. The third-order valence-electron chi connectivity index (χ3n) is 2.69. The molecule has 17 heavy (non-hydrogen) atoms. The minimum Gasteiger partial charge on any atom is -0.481 e. The van der Waals surface area contributed by atoms with Crippen molar-refractivity contribution in [2.24, 2.45) is 11.8 Å². The van der Waals surface area contributed by atoms with Gasteiger partial charge in [0.1, 0.15) is 5.00 Å². The third kappa shape index (κ3) is 2.68. The Morgan fingerprint density at radius 3 is 2.65 bits per heavy atom. The zero-order chi connectivity index (χ0) is 12.3. The molecule has 0 bridgehead atoms. The molecule has 2 atom stereocenters. The molecule has 1 aliphatic carbocycles. The quantitative estimate of drug-likeness (QED) is 0.788. The van der Waals surface area contributed by atoms with Crippen LogP contribution < -0.4 is 5.32 Å². The van der Waals surface area contributed by atoms with Crippen LogP contribution in [0.1, 0.15) is 12.8 Å². The van der Waals surface area contributed by atoms with Crippen molar-refractivity contribution >= 4 is 28.4 Å². The van der Waals surface area contributed by atoms with Gasteiger partial charge in [-0.25, -0.2) is 0 Å². The second-order valence-corrected chi connectivity index (χ2v) is 4.55. The molecule has 1 aliphatic rings. The van der Waals surface area contributed by atoms with Crippen LogP contribution in [-0.2, 0) is 9.59 Å². The molecule has 0 radical (unpaired) electrons. The molecular weight excluding hydrogens is 242 g/mol. The third-order valence-corrected chi connectivity index (χ3v) is 3.27. The van der Waals surface area contributed by atoms with Gasteiger partial charge < -0.3 is 10.4 Å². The van der Waals surface area contributed by atoms with E-state index in [4.69, 9.17) is 5.11 Å². The molecule has 0 saturated heterocycles. The summed E-state index contributed by atoms with van der Waals surface area (Å²) in [6.45, 7) is 0. The summed E-state index contributed by atoms with van der Waals surface area (Å²) in [6, 6.07) is 0. The van der Waals surface area contributed by atoms with Gasteiger partial charge >= 0.3 is 5.97 Å². The average molecular weight is 253 g/mol. The van der Waals surface area contributed by atoms with Gasteiger partial charge in [0.2, 0.25) is 5.91 Å². The van der Waals surface area contributed by atoms with Crippen molar-refractivity contribution in [1.82, 2.24) is 9.59 Å². The van der Waals surface area contributed by atoms with Gasteiger partial charge in [0, 0.05) is 11.5 Å². The lowest BCUT2D eigenvalue weighted by molar-refractivity contribution is -0.146. The Morgan fingerprint density at radius 2 is 2.06 bits per heavy atom. The molecule has 0 unspecified atom stereocenters. The first-order chi connectivity index (χ1) is 8.18. The second-order valence-electron chi connectivity index (χ2n) is 3.77. The topological polar surface area (TPSA) is 92.2 Å². The minimum absolute atomic E-state index is 0.284. The van der Waals surface area contributed by atoms with Crippen LogP contribution in [-0.4, -0.2) is 26.6 Å². The summed E-state index contributed by atoms with van der Waals surface area (Å²) in [5.74, 6) is -2.40. The Morgan fingerprint density at radius 1 is 1.35 bits per heavy atom. The van der Waals surface area contributed by atoms with Crippen LogP contribution in [0.4, 0.5) is 5.00 Å². The SMILES string of the molecule is O=C(O)[C@H]1CC=CC[C@H]1C(=O)Nc1cnns1. The maximum absolute atomic E-state index is 11.9. The van der Waals surface area contributed by atoms with E-state index in [9.17, 15) is 9.59 Å². The van der Waals surface area contributed by atoms with Crippen LogP contribution in [0.3, 0.4) is 0 Å². The minimum atomic E-state index is -0.933. The van der Waals surface area contributed by atoms with Crippen LogP contribution in [0.25, 0.3) is 0 Å². The van der Waals surface area contributed by atoms with Crippen LogP contribution in [0.15, 0.2) is 18.3 Å². The number of carboxylic acid groups (broad SMARTS) is 1. The van der Waals surface area contributed by atoms with Crippen molar-refractivity contribution in [1.29, 1.82) is 0 Å². The predicted octanol–water partition coefficient (Wildman–Crippen LogP) is 1.14. The fourth-order valence-electron chi connectivity index (χ4n) is 1.81. The number of aliphatic carboxylic acids is 1. The van der Waals surface area contributed by atoms with Gasteiger partial charge in [-0.3, -0.25) is 9.59 Å². The monoisotopic (exact) mass is 253 g/mol. The molecule has 2 N–H and O–H groups in total. The summed E-state index contributed by atoms with van der Waals surface area (Å²) in [4.78, 5) is 23.0. The largest absolute Gasteiger partial charge is 0.481 e. The van der Waals surface area contributed by atoms with Crippen LogP contribution in [0.2, 0.25) is 0 Å². The number of carbonyl (C=O) groups excluding carboxylic acids is 1. The Bertz CT molecular complexity index is 444. The zero-order valence-corrected chi connectivity index (χ0v) is 9.68. The highest BCUT2D eigenvalue weighted by Crippen LogP contribution is 2.27. The number of nitrogens with one attached hydrogen (secondary N) is 1. The van der Waals surface area contributed by atoms with E-state index in [0.717, 1.165) is 11.5 Å². The van der Waals surface area contributed by atoms with E-state index in [1.807, 2.05) is 6.08 Å². The Balaban J connectivity index is 2.07. The smallest absolute Gasteiger partial charge is 0.307 e. The number of hydrogen-bond donors (Lipinski definition) is 2. The molecule has 0 spiro atoms. The van der Waals surface area contributed by atoms with Crippen LogP contribution >= 0.6 is 11.5 Å². The van der Waals surface area contributed by atoms with Crippen molar-refractivity contribution in [2.45, 2.75) is 12.8 Å². The highest BCUT2D eigenvalue weighted by atomic mass is 32.1. The number of nitrogens with zero attached hydrogens (tertiary/aromatic N) is 2. The fraction of sp³-hybridized carbons (Fsp3) is 0.400. The van der Waals surface area contributed by atoms with Gasteiger partial charge in [-0.2, -0.15) is 0 Å². The molecule has 1 aromatic heterocycles.